The Kier molecular flexibility index (Phi) is 5.52. The molecule has 0 amide bonds. The Morgan fingerprint density at radius 3 is 2.22 bits per heavy atom. The molecule has 0 saturated carbocycles. The largest absolute Gasteiger partial charge is 0.0885 e. The Morgan fingerprint density at radius 2 is 1.89 bits per heavy atom. The minimum absolute atomic E-state index is 0.921. The van der Waals surface area contributed by atoms with E-state index in [2.05, 4.69) is 30.1 Å². The van der Waals surface area contributed by atoms with E-state index in [4.69, 9.17) is 0 Å². The normalized spacial score (nSPS) is 8.11. The van der Waals surface area contributed by atoms with E-state index >= 15 is 0 Å². The van der Waals surface area contributed by atoms with Crippen molar-refractivity contribution in [3.63, 3.8) is 0 Å². The molecule has 0 nitrogen and oxygen atoms in total. The molecule has 0 bridgehead atoms. The highest BCUT2D eigenvalue weighted by atomic mass is 13.3. The van der Waals surface area contributed by atoms with Gasteiger partial charge < -0.3 is 0 Å². The number of rotatable bonds is 4. The van der Waals surface area contributed by atoms with Crippen molar-refractivity contribution in [2.75, 3.05) is 0 Å². The van der Waals surface area contributed by atoms with E-state index in [0.29, 0.717) is 0 Å². The van der Waals surface area contributed by atoms with Crippen molar-refractivity contribution in [1.29, 1.82) is 0 Å². The summed E-state index contributed by atoms with van der Waals surface area (Å²) in [5.74, 6) is 0. The molecule has 0 heterocycles. The molecule has 0 aromatic carbocycles. The van der Waals surface area contributed by atoms with Gasteiger partial charge >= 0.3 is 0 Å². The number of hydrogen-bond donors (Lipinski definition) is 0. The fraction of sp³-hybridized carbons (Fsp3) is 1.00. The number of hydrogen-bond acceptors (Lipinski definition) is 0. The zero-order valence-corrected chi connectivity index (χ0v) is 7.28. The quantitative estimate of drug-likeness (QED) is 0.327. The van der Waals surface area contributed by atoms with Gasteiger partial charge in [0.1, 0.15) is 0 Å². The second kappa shape index (κ2) is 5.26. The van der Waals surface area contributed by atoms with E-state index in [1.54, 1.807) is 0 Å². The van der Waals surface area contributed by atoms with Gasteiger partial charge in [-0.3, -0.25) is 0 Å². The highest BCUT2D eigenvalue weighted by Crippen LogP contribution is 1.81. The molecular formula is C2H13B7. The van der Waals surface area contributed by atoms with E-state index in [9.17, 15) is 0 Å². The topological polar surface area (TPSA) is 0 Å². The van der Waals surface area contributed by atoms with Gasteiger partial charge in [0, 0.05) is 19.8 Å². The fourth-order valence-corrected chi connectivity index (χ4v) is 1.14. The second-order valence-corrected chi connectivity index (χ2v) is 3.15. The summed E-state index contributed by atoms with van der Waals surface area (Å²) in [7, 11) is 9.71. The molecule has 0 aromatic rings. The summed E-state index contributed by atoms with van der Waals surface area (Å²) in [5.41, 5.74) is 0. The lowest BCUT2D eigenvalue weighted by Crippen LogP contribution is -2.47. The predicted molar refractivity (Wildman–Crippen MR) is 61.9 cm³/mol. The van der Waals surface area contributed by atoms with E-state index in [1.165, 1.54) is 20.6 Å². The standard InChI is InChI=1S/C2H13B7/c1-2-6-8(4)9(5)7-3/h6-7H,2-5H2,1H3. The minimum Gasteiger partial charge on any atom is -0.0885 e. The van der Waals surface area contributed by atoms with Gasteiger partial charge in [-0.1, -0.05) is 13.2 Å². The molecule has 0 rings (SSSR count). The summed E-state index contributed by atoms with van der Waals surface area (Å²) in [6, 6.07) is 0. The monoisotopic (exact) mass is 114 g/mol. The van der Waals surface area contributed by atoms with E-state index in [0.717, 1.165) is 12.8 Å². The maximum atomic E-state index is 2.36. The Labute approximate surface area is 64.1 Å². The zero-order chi connectivity index (χ0) is 7.28. The van der Waals surface area contributed by atoms with Crippen molar-refractivity contribution in [3.05, 3.63) is 0 Å². The van der Waals surface area contributed by atoms with Crippen LogP contribution in [0.4, 0.5) is 0 Å². The Balaban J connectivity index is 3.32. The van der Waals surface area contributed by atoms with Gasteiger partial charge in [-0.25, -0.2) is 0 Å². The van der Waals surface area contributed by atoms with Crippen molar-refractivity contribution in [2.45, 2.75) is 13.2 Å². The molecule has 42 valence electrons. The minimum atomic E-state index is 0.921. The van der Waals surface area contributed by atoms with Crippen LogP contribution in [-0.4, -0.2) is 50.2 Å². The summed E-state index contributed by atoms with van der Waals surface area (Å²) in [6.45, 7) is 2.26. The van der Waals surface area contributed by atoms with Crippen LogP contribution in [0.3, 0.4) is 0 Å². The Hall–Kier alpha value is 0.455. The molecular weight excluding hydrogens is 99.7 g/mol. The molecule has 0 saturated heterocycles. The first-order valence-corrected chi connectivity index (χ1v) is 4.22. The Morgan fingerprint density at radius 1 is 1.33 bits per heavy atom. The highest BCUT2D eigenvalue weighted by Gasteiger charge is 2.15. The van der Waals surface area contributed by atoms with Crippen LogP contribution in [0.2, 0.25) is 6.32 Å². The van der Waals surface area contributed by atoms with Crippen molar-refractivity contribution in [3.8, 4) is 0 Å². The molecule has 0 radical (unpaired) electrons. The second-order valence-electron chi connectivity index (χ2n) is 3.15. The third kappa shape index (κ3) is 3.94. The van der Waals surface area contributed by atoms with Crippen LogP contribution in [-0.2, 0) is 0 Å². The fourth-order valence-electron chi connectivity index (χ4n) is 1.14. The first-order valence-electron chi connectivity index (χ1n) is 4.22. The SMILES string of the molecule is BBB(B)B(B)BCC. The van der Waals surface area contributed by atoms with Gasteiger partial charge in [0.25, 0.3) is 0 Å². The van der Waals surface area contributed by atoms with Gasteiger partial charge in [0.05, 0.1) is 30.4 Å². The van der Waals surface area contributed by atoms with Crippen LogP contribution in [0.25, 0.3) is 0 Å². The van der Waals surface area contributed by atoms with E-state index in [-0.39, 0.29) is 0 Å². The van der Waals surface area contributed by atoms with Crippen LogP contribution in [0.1, 0.15) is 6.92 Å². The van der Waals surface area contributed by atoms with Crippen LogP contribution in [0.15, 0.2) is 0 Å². The first kappa shape index (κ1) is 9.45. The lowest BCUT2D eigenvalue weighted by atomic mass is 8.73. The summed E-state index contributed by atoms with van der Waals surface area (Å²) >= 11 is 0. The molecule has 0 fully saturated rings. The van der Waals surface area contributed by atoms with Gasteiger partial charge in [-0.05, 0) is 0 Å². The maximum Gasteiger partial charge on any atom is 0.0727 e. The van der Waals surface area contributed by atoms with Crippen molar-refractivity contribution >= 4 is 50.2 Å². The van der Waals surface area contributed by atoms with E-state index in [1.807, 2.05) is 0 Å². The molecule has 0 aliphatic rings. The van der Waals surface area contributed by atoms with Crippen LogP contribution in [0.5, 0.6) is 0 Å². The Bertz CT molecular complexity index is 63.9. The first-order chi connectivity index (χ1) is 4.22. The summed E-state index contributed by atoms with van der Waals surface area (Å²) in [5, 5.41) is 0. The van der Waals surface area contributed by atoms with Crippen molar-refractivity contribution in [1.82, 2.24) is 0 Å². The van der Waals surface area contributed by atoms with Crippen LogP contribution >= 0.6 is 0 Å². The van der Waals surface area contributed by atoms with Gasteiger partial charge in [-0.15, -0.1) is 0 Å². The molecule has 0 unspecified atom stereocenters. The van der Waals surface area contributed by atoms with Gasteiger partial charge in [-0.2, -0.15) is 0 Å². The summed E-state index contributed by atoms with van der Waals surface area (Å²) in [6.07, 6.45) is 3.19. The highest BCUT2D eigenvalue weighted by molar-refractivity contribution is 7.83. The smallest absolute Gasteiger partial charge is 0.0727 e. The lowest BCUT2D eigenvalue weighted by Gasteiger charge is -2.08. The third-order valence-corrected chi connectivity index (χ3v) is 2.36. The van der Waals surface area contributed by atoms with Crippen LogP contribution < -0.4 is 0 Å². The molecule has 0 aliphatic carbocycles. The lowest BCUT2D eigenvalue weighted by molar-refractivity contribution is 1.47. The van der Waals surface area contributed by atoms with Crippen molar-refractivity contribution in [2.24, 2.45) is 0 Å². The van der Waals surface area contributed by atoms with E-state index < -0.39 is 0 Å². The van der Waals surface area contributed by atoms with Crippen molar-refractivity contribution < 1.29 is 0 Å². The molecule has 0 atom stereocenters. The van der Waals surface area contributed by atoms with Crippen LogP contribution in [0, 0.1) is 0 Å². The predicted octanol–water partition coefficient (Wildman–Crippen LogP) is -3.83. The average molecular weight is 113 g/mol. The molecule has 0 spiro atoms. The molecule has 0 aliphatic heterocycles. The maximum absolute atomic E-state index is 2.36. The zero-order valence-electron chi connectivity index (χ0n) is 7.28. The molecule has 0 aromatic heterocycles. The molecule has 0 N–H and O–H groups in total. The molecule has 7 heteroatoms. The third-order valence-electron chi connectivity index (χ3n) is 2.36. The summed E-state index contributed by atoms with van der Waals surface area (Å²) in [4.78, 5) is 0. The summed E-state index contributed by atoms with van der Waals surface area (Å²) < 4.78 is 0. The average Bonchev–Trinajstić information content (AvgIpc) is 1.87. The van der Waals surface area contributed by atoms with Gasteiger partial charge in [0.15, 0.2) is 0 Å². The molecule has 9 heavy (non-hydrogen) atoms. The van der Waals surface area contributed by atoms with Gasteiger partial charge in [0.2, 0.25) is 0 Å².